The van der Waals surface area contributed by atoms with Crippen molar-refractivity contribution in [2.75, 3.05) is 11.9 Å². The average Bonchev–Trinajstić information content (AvgIpc) is 3.22. The largest absolute Gasteiger partial charge is 0.332 e. The number of rotatable bonds is 8. The number of pyridine rings is 1. The normalized spacial score (nSPS) is 10.7. The Morgan fingerprint density at radius 2 is 1.68 bits per heavy atom. The van der Waals surface area contributed by atoms with E-state index >= 15 is 0 Å². The second-order valence-corrected chi connectivity index (χ2v) is 7.54. The lowest BCUT2D eigenvalue weighted by Crippen LogP contribution is -2.16. The molecule has 0 saturated heterocycles. The third kappa shape index (κ3) is 5.03. The van der Waals surface area contributed by atoms with Gasteiger partial charge >= 0.3 is 0 Å². The maximum atomic E-state index is 4.47. The highest BCUT2D eigenvalue weighted by molar-refractivity contribution is 7.18. The van der Waals surface area contributed by atoms with Gasteiger partial charge in [0.2, 0.25) is 0 Å². The molecule has 2 heterocycles. The van der Waals surface area contributed by atoms with Crippen LogP contribution in [0, 0.1) is 0 Å². The van der Waals surface area contributed by atoms with Crippen molar-refractivity contribution in [1.82, 2.24) is 15.3 Å². The van der Waals surface area contributed by atoms with E-state index in [9.17, 15) is 0 Å². The van der Waals surface area contributed by atoms with Crippen LogP contribution in [0.3, 0.4) is 0 Å². The summed E-state index contributed by atoms with van der Waals surface area (Å²) in [6.45, 7) is 1.87. The summed E-state index contributed by atoms with van der Waals surface area (Å²) in [5.74, 6) is 0. The molecule has 0 atom stereocenters. The summed E-state index contributed by atoms with van der Waals surface area (Å²) in [6, 6.07) is 23.0. The van der Waals surface area contributed by atoms with Gasteiger partial charge in [0, 0.05) is 36.4 Å². The Labute approximate surface area is 169 Å². The minimum Gasteiger partial charge on any atom is -0.332 e. The maximum Gasteiger partial charge on any atom is 0.187 e. The van der Waals surface area contributed by atoms with Crippen LogP contribution in [-0.2, 0) is 13.0 Å². The molecule has 0 unspecified atom stereocenters. The van der Waals surface area contributed by atoms with Gasteiger partial charge in [0.05, 0.1) is 4.88 Å². The maximum absolute atomic E-state index is 4.47. The molecule has 0 aliphatic carbocycles. The molecule has 4 nitrogen and oxygen atoms in total. The lowest BCUT2D eigenvalue weighted by atomic mass is 10.1. The van der Waals surface area contributed by atoms with E-state index in [1.165, 1.54) is 11.1 Å². The van der Waals surface area contributed by atoms with Gasteiger partial charge in [-0.1, -0.05) is 59.9 Å². The molecule has 5 heteroatoms. The van der Waals surface area contributed by atoms with Gasteiger partial charge in [0.1, 0.15) is 0 Å². The molecule has 0 bridgehead atoms. The summed E-state index contributed by atoms with van der Waals surface area (Å²) in [6.07, 6.45) is 6.53. The third-order valence-corrected chi connectivity index (χ3v) is 5.38. The lowest BCUT2D eigenvalue weighted by molar-refractivity contribution is 0.687. The molecule has 0 aliphatic rings. The molecule has 2 N–H and O–H groups in total. The summed E-state index contributed by atoms with van der Waals surface area (Å²) in [4.78, 5) is 9.74. The molecule has 2 aromatic heterocycles. The molecule has 4 aromatic rings. The fraction of sp³-hybridized carbons (Fsp3) is 0.130. The van der Waals surface area contributed by atoms with Crippen LogP contribution in [0.1, 0.15) is 11.1 Å². The van der Waals surface area contributed by atoms with Gasteiger partial charge < -0.3 is 10.6 Å². The summed E-state index contributed by atoms with van der Waals surface area (Å²) >= 11 is 1.63. The number of hydrogen-bond donors (Lipinski definition) is 2. The van der Waals surface area contributed by atoms with E-state index in [2.05, 4.69) is 69.1 Å². The van der Waals surface area contributed by atoms with Crippen molar-refractivity contribution in [3.8, 4) is 10.4 Å². The molecular formula is C23H22N4S. The predicted molar refractivity (Wildman–Crippen MR) is 117 cm³/mol. The van der Waals surface area contributed by atoms with Gasteiger partial charge in [0.25, 0.3) is 0 Å². The van der Waals surface area contributed by atoms with Crippen LogP contribution in [-0.4, -0.2) is 16.5 Å². The van der Waals surface area contributed by atoms with Gasteiger partial charge in [-0.15, -0.1) is 0 Å². The van der Waals surface area contributed by atoms with Crippen molar-refractivity contribution in [3.05, 3.63) is 96.4 Å². The Kier molecular flexibility index (Phi) is 6.07. The Morgan fingerprint density at radius 1 is 0.821 bits per heavy atom. The third-order valence-electron chi connectivity index (χ3n) is 4.42. The van der Waals surface area contributed by atoms with Crippen molar-refractivity contribution in [2.24, 2.45) is 0 Å². The van der Waals surface area contributed by atoms with Gasteiger partial charge in [-0.2, -0.15) is 0 Å². The predicted octanol–water partition coefficient (Wildman–Crippen LogP) is 5.28. The average molecular weight is 387 g/mol. The van der Waals surface area contributed by atoms with Gasteiger partial charge in [-0.3, -0.25) is 4.98 Å². The van der Waals surface area contributed by atoms with E-state index in [1.807, 2.05) is 30.6 Å². The highest BCUT2D eigenvalue weighted by atomic mass is 32.1. The summed E-state index contributed by atoms with van der Waals surface area (Å²) in [7, 11) is 0. The lowest BCUT2D eigenvalue weighted by Gasteiger charge is -2.07. The molecule has 0 spiro atoms. The molecular weight excluding hydrogens is 364 g/mol. The summed E-state index contributed by atoms with van der Waals surface area (Å²) in [5, 5.41) is 7.76. The van der Waals surface area contributed by atoms with Crippen LogP contribution in [0.5, 0.6) is 0 Å². The van der Waals surface area contributed by atoms with Crippen molar-refractivity contribution in [1.29, 1.82) is 0 Å². The first kappa shape index (κ1) is 18.3. The number of nitrogens with one attached hydrogen (secondary N) is 2. The second-order valence-electron chi connectivity index (χ2n) is 6.51. The molecule has 140 valence electrons. The minimum absolute atomic E-state index is 0.885. The summed E-state index contributed by atoms with van der Waals surface area (Å²) in [5.41, 5.74) is 4.77. The standard InChI is InChI=1S/C23H22N4S/c1-2-5-19(6-3-1)15-25-14-12-18-8-10-21(11-9-18)27-23-26-17-22(28-23)20-7-4-13-24-16-20/h1-11,13,16-17,25H,12,14-15H2,(H,26,27). The first-order valence-corrected chi connectivity index (χ1v) is 10.2. The molecule has 0 amide bonds. The van der Waals surface area contributed by atoms with Gasteiger partial charge in [0.15, 0.2) is 5.13 Å². The van der Waals surface area contributed by atoms with E-state index < -0.39 is 0 Å². The summed E-state index contributed by atoms with van der Waals surface area (Å²) < 4.78 is 0. The Balaban J connectivity index is 1.27. The van der Waals surface area contributed by atoms with E-state index in [-0.39, 0.29) is 0 Å². The number of anilines is 2. The second kappa shape index (κ2) is 9.26. The van der Waals surface area contributed by atoms with E-state index in [1.54, 1.807) is 17.5 Å². The molecule has 28 heavy (non-hydrogen) atoms. The fourth-order valence-electron chi connectivity index (χ4n) is 2.91. The number of hydrogen-bond acceptors (Lipinski definition) is 5. The van der Waals surface area contributed by atoms with Crippen LogP contribution >= 0.6 is 11.3 Å². The minimum atomic E-state index is 0.885. The molecule has 4 rings (SSSR count). The zero-order chi connectivity index (χ0) is 19.0. The molecule has 0 fully saturated rings. The van der Waals surface area contributed by atoms with Crippen molar-refractivity contribution in [2.45, 2.75) is 13.0 Å². The van der Waals surface area contributed by atoms with Crippen molar-refractivity contribution < 1.29 is 0 Å². The monoisotopic (exact) mass is 386 g/mol. The van der Waals surface area contributed by atoms with Crippen LogP contribution in [0.2, 0.25) is 0 Å². The van der Waals surface area contributed by atoms with Crippen LogP contribution in [0.4, 0.5) is 10.8 Å². The molecule has 2 aromatic carbocycles. The van der Waals surface area contributed by atoms with Crippen molar-refractivity contribution >= 4 is 22.2 Å². The van der Waals surface area contributed by atoms with Gasteiger partial charge in [-0.25, -0.2) is 4.98 Å². The van der Waals surface area contributed by atoms with Crippen molar-refractivity contribution in [3.63, 3.8) is 0 Å². The Hall–Kier alpha value is -3.02. The van der Waals surface area contributed by atoms with E-state index in [4.69, 9.17) is 0 Å². The quantitative estimate of drug-likeness (QED) is 0.405. The molecule has 0 radical (unpaired) electrons. The number of thiazole rings is 1. The SMILES string of the molecule is c1ccc(CNCCc2ccc(Nc3ncc(-c4cccnc4)s3)cc2)cc1. The zero-order valence-corrected chi connectivity index (χ0v) is 16.3. The number of aromatic nitrogens is 2. The van der Waals surface area contributed by atoms with E-state index in [0.29, 0.717) is 0 Å². The van der Waals surface area contributed by atoms with Gasteiger partial charge in [-0.05, 0) is 42.3 Å². The fourth-order valence-corrected chi connectivity index (χ4v) is 3.74. The smallest absolute Gasteiger partial charge is 0.187 e. The highest BCUT2D eigenvalue weighted by Crippen LogP contribution is 2.30. The zero-order valence-electron chi connectivity index (χ0n) is 15.5. The number of benzene rings is 2. The Morgan fingerprint density at radius 3 is 2.46 bits per heavy atom. The molecule has 0 saturated carbocycles. The first-order chi connectivity index (χ1) is 13.9. The molecule has 0 aliphatic heterocycles. The van der Waals surface area contributed by atoms with Crippen LogP contribution in [0.25, 0.3) is 10.4 Å². The van der Waals surface area contributed by atoms with Crippen LogP contribution in [0.15, 0.2) is 85.3 Å². The number of nitrogens with zero attached hydrogens (tertiary/aromatic N) is 2. The topological polar surface area (TPSA) is 49.8 Å². The Bertz CT molecular complexity index is 982. The van der Waals surface area contributed by atoms with Crippen LogP contribution < -0.4 is 10.6 Å². The first-order valence-electron chi connectivity index (χ1n) is 9.34. The highest BCUT2D eigenvalue weighted by Gasteiger charge is 2.05. The van der Waals surface area contributed by atoms with E-state index in [0.717, 1.165) is 40.8 Å².